The van der Waals surface area contributed by atoms with Crippen LogP contribution in [0.1, 0.15) is 146 Å². The Hall–Kier alpha value is -1.55. The van der Waals surface area contributed by atoms with Crippen molar-refractivity contribution in [3.05, 3.63) is 29.3 Å². The molecule has 0 heterocycles. The molecule has 4 aliphatic carbocycles. The number of rotatable bonds is 14. The number of fused-ring (bicyclic) bond motifs is 3. The minimum atomic E-state index is -0.435. The van der Waals surface area contributed by atoms with E-state index in [-0.39, 0.29) is 5.41 Å². The summed E-state index contributed by atoms with van der Waals surface area (Å²) in [7, 11) is 1.95. The smallest absolute Gasteiger partial charge is 0.222 e. The van der Waals surface area contributed by atoms with Gasteiger partial charge in [-0.25, -0.2) is 0 Å². The first kappa shape index (κ1) is 29.9. The van der Waals surface area contributed by atoms with Gasteiger partial charge in [-0.05, 0) is 111 Å². The molecule has 5 rings (SSSR count). The van der Waals surface area contributed by atoms with Crippen molar-refractivity contribution < 1.29 is 15.0 Å². The zero-order valence-electron chi connectivity index (χ0n) is 25.9. The SMILES string of the molecule is CCCCN(C)C(=O)CCCCCCCCCC[C@@H]1Cc2cc(O)ccc2C2CC[C@]3(C)[C@]4(O)CC[C@@]3(CC4)C21. The molecule has 2 bridgehead atoms. The second kappa shape index (κ2) is 12.4. The predicted octanol–water partition coefficient (Wildman–Crippen LogP) is 8.53. The Morgan fingerprint density at radius 2 is 1.62 bits per heavy atom. The maximum atomic E-state index is 12.2. The summed E-state index contributed by atoms with van der Waals surface area (Å²) in [5.74, 6) is 2.68. The van der Waals surface area contributed by atoms with Crippen molar-refractivity contribution in [3.8, 4) is 5.75 Å². The van der Waals surface area contributed by atoms with E-state index in [0.717, 1.165) is 51.5 Å². The van der Waals surface area contributed by atoms with Crippen LogP contribution >= 0.6 is 0 Å². The number of carbonyl (C=O) groups is 1. The lowest BCUT2D eigenvalue weighted by atomic mass is 9.45. The van der Waals surface area contributed by atoms with Crippen LogP contribution in [0.5, 0.6) is 5.75 Å². The molecule has 4 atom stereocenters. The number of amides is 1. The molecule has 1 aromatic carbocycles. The molecule has 2 N–H and O–H groups in total. The lowest BCUT2D eigenvalue weighted by molar-refractivity contribution is -0.130. The van der Waals surface area contributed by atoms with Gasteiger partial charge in [0, 0.05) is 25.4 Å². The first-order chi connectivity index (χ1) is 19.2. The van der Waals surface area contributed by atoms with Crippen LogP contribution in [0.4, 0.5) is 0 Å². The normalized spacial score (nSPS) is 33.9. The van der Waals surface area contributed by atoms with Crippen LogP contribution in [0.2, 0.25) is 0 Å². The Bertz CT molecular complexity index is 1010. The summed E-state index contributed by atoms with van der Waals surface area (Å²) in [4.78, 5) is 14.1. The van der Waals surface area contributed by atoms with Gasteiger partial charge in [-0.15, -0.1) is 0 Å². The Balaban J connectivity index is 1.09. The van der Waals surface area contributed by atoms with Crippen LogP contribution in [-0.4, -0.2) is 40.2 Å². The fourth-order valence-electron chi connectivity index (χ4n) is 10.3. The molecule has 4 heteroatoms. The summed E-state index contributed by atoms with van der Waals surface area (Å²) >= 11 is 0. The molecule has 3 fully saturated rings. The molecule has 4 aliphatic rings. The molecule has 0 radical (unpaired) electrons. The maximum Gasteiger partial charge on any atom is 0.222 e. The molecule has 0 spiro atoms. The third kappa shape index (κ3) is 5.36. The third-order valence-electron chi connectivity index (χ3n) is 12.6. The van der Waals surface area contributed by atoms with Crippen molar-refractivity contribution in [2.45, 2.75) is 147 Å². The standard InChI is InChI=1S/C36H57NO3/c1-4-5-24-37(3)32(39)15-13-11-9-7-6-8-10-12-14-27-25-28-26-29(38)16-17-30(28)31-18-19-34(2)35(33(27)31)20-22-36(34,40)23-21-35/h16-17,26-27,31,33,38,40H,4-15,18-25H2,1-3H3/t27-,31?,33?,34+,35-,36+/m1/s1. The Kier molecular flexibility index (Phi) is 9.25. The van der Waals surface area contributed by atoms with Gasteiger partial charge in [-0.1, -0.05) is 71.3 Å². The Morgan fingerprint density at radius 3 is 2.33 bits per heavy atom. The lowest BCUT2D eigenvalue weighted by Gasteiger charge is -2.59. The van der Waals surface area contributed by atoms with E-state index in [2.05, 4.69) is 26.0 Å². The zero-order valence-corrected chi connectivity index (χ0v) is 25.9. The molecule has 1 amide bonds. The minimum absolute atomic E-state index is 0.0867. The summed E-state index contributed by atoms with van der Waals surface area (Å²) in [5.41, 5.74) is 2.86. The maximum absolute atomic E-state index is 12.2. The van der Waals surface area contributed by atoms with E-state index in [4.69, 9.17) is 0 Å². The number of phenols is 1. The van der Waals surface area contributed by atoms with Crippen molar-refractivity contribution in [2.24, 2.45) is 22.7 Å². The third-order valence-corrected chi connectivity index (χ3v) is 12.6. The minimum Gasteiger partial charge on any atom is -0.508 e. The van der Waals surface area contributed by atoms with Crippen molar-refractivity contribution in [1.29, 1.82) is 0 Å². The average Bonchev–Trinajstić information content (AvgIpc) is 3.32. The fraction of sp³-hybridized carbons (Fsp3) is 0.806. The Morgan fingerprint density at radius 1 is 0.950 bits per heavy atom. The summed E-state index contributed by atoms with van der Waals surface area (Å²) < 4.78 is 0. The van der Waals surface area contributed by atoms with Gasteiger partial charge < -0.3 is 15.1 Å². The molecule has 224 valence electrons. The van der Waals surface area contributed by atoms with Gasteiger partial charge in [0.05, 0.1) is 5.60 Å². The van der Waals surface area contributed by atoms with Gasteiger partial charge in [0.1, 0.15) is 5.75 Å². The highest BCUT2D eigenvalue weighted by molar-refractivity contribution is 5.75. The number of hydrogen-bond acceptors (Lipinski definition) is 3. The number of carbonyl (C=O) groups excluding carboxylic acids is 1. The van der Waals surface area contributed by atoms with E-state index in [1.54, 1.807) is 0 Å². The molecule has 0 saturated heterocycles. The second-order valence-corrected chi connectivity index (χ2v) is 14.6. The molecule has 1 aromatic rings. The molecule has 2 unspecified atom stereocenters. The van der Waals surface area contributed by atoms with Crippen LogP contribution in [-0.2, 0) is 11.2 Å². The van der Waals surface area contributed by atoms with Crippen LogP contribution in [0.15, 0.2) is 18.2 Å². The van der Waals surface area contributed by atoms with Gasteiger partial charge >= 0.3 is 0 Å². The number of phenolic OH excluding ortho intramolecular Hbond substituents is 1. The topological polar surface area (TPSA) is 60.8 Å². The van der Waals surface area contributed by atoms with E-state index in [1.807, 2.05) is 18.0 Å². The summed E-state index contributed by atoms with van der Waals surface area (Å²) in [6.07, 6.45) is 22.1. The number of hydrogen-bond donors (Lipinski definition) is 2. The number of nitrogens with zero attached hydrogens (tertiary/aromatic N) is 1. The van der Waals surface area contributed by atoms with Crippen LogP contribution in [0.3, 0.4) is 0 Å². The molecule has 0 aliphatic heterocycles. The number of aliphatic hydroxyl groups is 1. The Labute approximate surface area is 244 Å². The molecular formula is C36H57NO3. The van der Waals surface area contributed by atoms with Crippen molar-refractivity contribution in [2.75, 3.05) is 13.6 Å². The van der Waals surface area contributed by atoms with Crippen molar-refractivity contribution in [1.82, 2.24) is 4.90 Å². The highest BCUT2D eigenvalue weighted by Gasteiger charge is 2.74. The van der Waals surface area contributed by atoms with Crippen molar-refractivity contribution in [3.63, 3.8) is 0 Å². The first-order valence-corrected chi connectivity index (χ1v) is 17.0. The zero-order chi connectivity index (χ0) is 28.4. The molecule has 0 aromatic heterocycles. The first-order valence-electron chi connectivity index (χ1n) is 17.0. The average molecular weight is 552 g/mol. The van der Waals surface area contributed by atoms with Crippen LogP contribution in [0.25, 0.3) is 0 Å². The highest BCUT2D eigenvalue weighted by atomic mass is 16.3. The van der Waals surface area contributed by atoms with Gasteiger partial charge in [-0.2, -0.15) is 0 Å². The van der Waals surface area contributed by atoms with E-state index < -0.39 is 5.60 Å². The summed E-state index contributed by atoms with van der Waals surface area (Å²) in [6.45, 7) is 5.52. The molecular weight excluding hydrogens is 494 g/mol. The van der Waals surface area contributed by atoms with E-state index in [1.165, 1.54) is 81.8 Å². The monoisotopic (exact) mass is 551 g/mol. The molecule has 40 heavy (non-hydrogen) atoms. The van der Waals surface area contributed by atoms with Crippen LogP contribution < -0.4 is 0 Å². The second-order valence-electron chi connectivity index (χ2n) is 14.6. The van der Waals surface area contributed by atoms with Gasteiger partial charge in [-0.3, -0.25) is 4.79 Å². The van der Waals surface area contributed by atoms with E-state index in [9.17, 15) is 15.0 Å². The largest absolute Gasteiger partial charge is 0.508 e. The fourth-order valence-corrected chi connectivity index (χ4v) is 10.3. The lowest BCUT2D eigenvalue weighted by Crippen LogP contribution is -2.54. The van der Waals surface area contributed by atoms with Gasteiger partial charge in [0.2, 0.25) is 5.91 Å². The van der Waals surface area contributed by atoms with Crippen molar-refractivity contribution >= 4 is 5.91 Å². The summed E-state index contributed by atoms with van der Waals surface area (Å²) in [5, 5.41) is 22.0. The number of benzene rings is 1. The number of unbranched alkanes of at least 4 members (excludes halogenated alkanes) is 8. The molecule has 3 saturated carbocycles. The van der Waals surface area contributed by atoms with E-state index >= 15 is 0 Å². The predicted molar refractivity (Wildman–Crippen MR) is 163 cm³/mol. The van der Waals surface area contributed by atoms with E-state index in [0.29, 0.717) is 41.2 Å². The molecule has 4 nitrogen and oxygen atoms in total. The number of aromatic hydroxyl groups is 1. The van der Waals surface area contributed by atoms with Gasteiger partial charge in [0.15, 0.2) is 0 Å². The summed E-state index contributed by atoms with van der Waals surface area (Å²) in [6, 6.07) is 6.19. The van der Waals surface area contributed by atoms with Gasteiger partial charge in [0.25, 0.3) is 0 Å². The quantitative estimate of drug-likeness (QED) is 0.228. The highest BCUT2D eigenvalue weighted by Crippen LogP contribution is 2.78. The van der Waals surface area contributed by atoms with Crippen LogP contribution in [0, 0.1) is 22.7 Å².